The molecule has 0 aromatic rings. The Morgan fingerprint density at radius 3 is 3.00 bits per heavy atom. The second kappa shape index (κ2) is 7.11. The van der Waals surface area contributed by atoms with Gasteiger partial charge in [-0.1, -0.05) is 0 Å². The summed E-state index contributed by atoms with van der Waals surface area (Å²) in [6.07, 6.45) is 2.47. The Balaban J connectivity index is 2.82. The van der Waals surface area contributed by atoms with Gasteiger partial charge in [-0.2, -0.15) is 0 Å². The normalized spacial score (nSPS) is 8.12. The molecule has 0 amide bonds. The summed E-state index contributed by atoms with van der Waals surface area (Å²) in [6, 6.07) is 0. The van der Waals surface area contributed by atoms with Gasteiger partial charge in [-0.05, 0) is 0 Å². The summed E-state index contributed by atoms with van der Waals surface area (Å²) in [5.41, 5.74) is 7.87. The Kier molecular flexibility index (Phi) is 7.21. The first-order chi connectivity index (χ1) is 3.91. The van der Waals surface area contributed by atoms with E-state index in [2.05, 4.69) is 15.2 Å². The minimum absolute atomic E-state index is 0.626. The summed E-state index contributed by atoms with van der Waals surface area (Å²) in [6.45, 7) is 2.15. The molecule has 0 rings (SSSR count). The minimum atomic E-state index is -0.626. The fourth-order valence-corrected chi connectivity index (χ4v) is 2.26. The molecule has 0 aliphatic heterocycles. The van der Waals surface area contributed by atoms with E-state index in [1.54, 1.807) is 0 Å². The zero-order chi connectivity index (χ0) is 6.24. The molecule has 0 aromatic heterocycles. The molecule has 8 heavy (non-hydrogen) atoms. The molecule has 0 saturated heterocycles. The van der Waals surface area contributed by atoms with E-state index in [0.717, 1.165) is 0 Å². The number of hydrogen-bond acceptors (Lipinski definition) is 1. The molecular formula is C4H9N3Sn. The summed E-state index contributed by atoms with van der Waals surface area (Å²) in [4.78, 5) is 2.71. The fraction of sp³-hybridized carbons (Fsp3) is 1.00. The Bertz CT molecular complexity index is 87.3. The van der Waals surface area contributed by atoms with Crippen LogP contribution in [0.15, 0.2) is 3.34 Å². The van der Waals surface area contributed by atoms with Crippen LogP contribution in [-0.2, 0) is 0 Å². The molecule has 0 bridgehead atoms. The van der Waals surface area contributed by atoms with Crippen LogP contribution in [0.1, 0.15) is 19.8 Å². The summed E-state index contributed by atoms with van der Waals surface area (Å²) < 4.78 is 4.76. The first kappa shape index (κ1) is 8.11. The molecule has 0 atom stereocenters. The maximum atomic E-state index is 7.87. The molecule has 0 spiro atoms. The maximum absolute atomic E-state index is 7.87. The fourth-order valence-electron chi connectivity index (χ4n) is 0.337. The number of unbranched alkanes of at least 4 members (excludes halogenated alkanes) is 1. The third kappa shape index (κ3) is 6.11. The Morgan fingerprint density at radius 2 is 2.50 bits per heavy atom. The van der Waals surface area contributed by atoms with Crippen LogP contribution in [0.25, 0.3) is 10.4 Å². The number of nitrogens with zero attached hydrogens (tertiary/aromatic N) is 3. The first-order valence-electron chi connectivity index (χ1n) is 2.68. The van der Waals surface area contributed by atoms with Gasteiger partial charge in [0.1, 0.15) is 0 Å². The molecule has 0 fully saturated rings. The molecule has 0 aliphatic carbocycles. The molecule has 0 saturated carbocycles. The van der Waals surface area contributed by atoms with E-state index in [9.17, 15) is 0 Å². The second-order valence-corrected chi connectivity index (χ2v) is 4.35. The molecule has 0 heterocycles. The SMILES string of the molecule is CCC[CH2][Sn][N]=[N+]=[N-]. The van der Waals surface area contributed by atoms with Crippen molar-refractivity contribution in [2.45, 2.75) is 24.2 Å². The van der Waals surface area contributed by atoms with Crippen molar-refractivity contribution in [3.05, 3.63) is 10.4 Å². The number of azide groups is 1. The van der Waals surface area contributed by atoms with Crippen molar-refractivity contribution in [1.29, 1.82) is 0 Å². The van der Waals surface area contributed by atoms with Crippen LogP contribution in [0.2, 0.25) is 4.44 Å². The molecule has 2 radical (unpaired) electrons. The zero-order valence-electron chi connectivity index (χ0n) is 4.96. The quantitative estimate of drug-likeness (QED) is 0.228. The standard InChI is InChI=1S/C4H9.N3.Sn/c1-3-4-2;1-3-2;/h1,3-4H2,2H3;;/q;-1;+1. The van der Waals surface area contributed by atoms with Gasteiger partial charge in [0, 0.05) is 0 Å². The molecule has 0 aromatic carbocycles. The van der Waals surface area contributed by atoms with Crippen molar-refractivity contribution < 1.29 is 0 Å². The molecule has 44 valence electrons. The number of hydrogen-bond donors (Lipinski definition) is 0. The summed E-state index contributed by atoms with van der Waals surface area (Å²) in [5, 5.41) is 0. The third-order valence-corrected chi connectivity index (χ3v) is 3.06. The van der Waals surface area contributed by atoms with Crippen molar-refractivity contribution in [2.75, 3.05) is 0 Å². The van der Waals surface area contributed by atoms with Crippen molar-refractivity contribution in [2.24, 2.45) is 3.34 Å². The zero-order valence-corrected chi connectivity index (χ0v) is 7.82. The van der Waals surface area contributed by atoms with E-state index in [1.807, 2.05) is 0 Å². The van der Waals surface area contributed by atoms with E-state index < -0.39 is 21.4 Å². The Hall–Kier alpha value is 0.109. The second-order valence-electron chi connectivity index (χ2n) is 1.45. The van der Waals surface area contributed by atoms with Crippen molar-refractivity contribution in [3.8, 4) is 0 Å². The van der Waals surface area contributed by atoms with Crippen LogP contribution >= 0.6 is 0 Å². The molecule has 0 unspecified atom stereocenters. The van der Waals surface area contributed by atoms with Gasteiger partial charge in [-0.3, -0.25) is 0 Å². The van der Waals surface area contributed by atoms with Gasteiger partial charge in [0.25, 0.3) is 0 Å². The molecule has 3 nitrogen and oxygen atoms in total. The van der Waals surface area contributed by atoms with E-state index in [4.69, 9.17) is 5.53 Å². The predicted octanol–water partition coefficient (Wildman–Crippen LogP) is 2.13. The Morgan fingerprint density at radius 1 is 1.75 bits per heavy atom. The van der Waals surface area contributed by atoms with Gasteiger partial charge in [0.2, 0.25) is 0 Å². The van der Waals surface area contributed by atoms with Crippen LogP contribution < -0.4 is 0 Å². The van der Waals surface area contributed by atoms with Gasteiger partial charge in [0.05, 0.1) is 0 Å². The molecule has 0 N–H and O–H groups in total. The average molecular weight is 218 g/mol. The third-order valence-electron chi connectivity index (χ3n) is 0.758. The van der Waals surface area contributed by atoms with Crippen LogP contribution in [-0.4, -0.2) is 21.4 Å². The van der Waals surface area contributed by atoms with Crippen LogP contribution in [0.4, 0.5) is 0 Å². The van der Waals surface area contributed by atoms with Crippen LogP contribution in [0, 0.1) is 0 Å². The average Bonchev–Trinajstić information content (AvgIpc) is 1.81. The molecular weight excluding hydrogens is 209 g/mol. The van der Waals surface area contributed by atoms with E-state index >= 15 is 0 Å². The van der Waals surface area contributed by atoms with Gasteiger partial charge in [0.15, 0.2) is 0 Å². The first-order valence-corrected chi connectivity index (χ1v) is 5.98. The summed E-state index contributed by atoms with van der Waals surface area (Å²) in [7, 11) is 0. The van der Waals surface area contributed by atoms with Gasteiger partial charge in [-0.25, -0.2) is 0 Å². The van der Waals surface area contributed by atoms with E-state index in [-0.39, 0.29) is 0 Å². The summed E-state index contributed by atoms with van der Waals surface area (Å²) >= 11 is -0.626. The van der Waals surface area contributed by atoms with Crippen molar-refractivity contribution >= 4 is 21.4 Å². The predicted molar refractivity (Wildman–Crippen MR) is 34.6 cm³/mol. The van der Waals surface area contributed by atoms with Gasteiger partial charge < -0.3 is 0 Å². The summed E-state index contributed by atoms with van der Waals surface area (Å²) in [5.74, 6) is 0. The van der Waals surface area contributed by atoms with E-state index in [0.29, 0.717) is 0 Å². The topological polar surface area (TPSA) is 48.8 Å². The van der Waals surface area contributed by atoms with Gasteiger partial charge in [-0.15, -0.1) is 0 Å². The van der Waals surface area contributed by atoms with E-state index in [1.165, 1.54) is 17.3 Å². The van der Waals surface area contributed by atoms with Crippen LogP contribution in [0.3, 0.4) is 0 Å². The Labute approximate surface area is 59.7 Å². The molecule has 4 heteroatoms. The number of rotatable bonds is 4. The van der Waals surface area contributed by atoms with Crippen molar-refractivity contribution in [1.82, 2.24) is 0 Å². The van der Waals surface area contributed by atoms with Gasteiger partial charge >= 0.3 is 59.4 Å². The van der Waals surface area contributed by atoms with Crippen LogP contribution in [0.5, 0.6) is 0 Å². The van der Waals surface area contributed by atoms with Crippen molar-refractivity contribution in [3.63, 3.8) is 0 Å². The molecule has 0 aliphatic rings. The monoisotopic (exact) mass is 219 g/mol.